The Morgan fingerprint density at radius 3 is 2.71 bits per heavy atom. The van der Waals surface area contributed by atoms with E-state index in [4.69, 9.17) is 19.9 Å². The largest absolute Gasteiger partial charge is 0.490 e. The van der Waals surface area contributed by atoms with Crippen LogP contribution in [-0.4, -0.2) is 25.8 Å². The van der Waals surface area contributed by atoms with Crippen LogP contribution < -0.4 is 15.2 Å². The van der Waals surface area contributed by atoms with Gasteiger partial charge in [0.2, 0.25) is 0 Å². The lowest BCUT2D eigenvalue weighted by atomic mass is 10.0. The first kappa shape index (κ1) is 16.1. The Morgan fingerprint density at radius 2 is 2.05 bits per heavy atom. The number of esters is 1. The Labute approximate surface area is 132 Å². The molecule has 1 unspecified atom stereocenters. The number of carbonyl (C=O) groups is 1. The third-order valence-corrected chi connectivity index (χ3v) is 3.92. The fraction of sp³-hybridized carbons (Fsp3) is 0.533. The molecule has 116 valence electrons. The van der Waals surface area contributed by atoms with Crippen LogP contribution in [-0.2, 0) is 9.53 Å². The molecule has 0 radical (unpaired) electrons. The second-order valence-corrected chi connectivity index (χ2v) is 5.68. The third-order valence-electron chi connectivity index (χ3n) is 3.23. The predicted molar refractivity (Wildman–Crippen MR) is 82.5 cm³/mol. The van der Waals surface area contributed by atoms with Crippen molar-refractivity contribution in [2.75, 3.05) is 19.8 Å². The number of nitrogens with two attached hydrogens (primary N) is 1. The zero-order chi connectivity index (χ0) is 15.2. The minimum Gasteiger partial charge on any atom is -0.490 e. The number of fused-ring (bicyclic) bond motifs is 1. The van der Waals surface area contributed by atoms with Crippen molar-refractivity contribution in [2.24, 2.45) is 5.73 Å². The van der Waals surface area contributed by atoms with Crippen molar-refractivity contribution in [3.05, 3.63) is 22.2 Å². The van der Waals surface area contributed by atoms with Crippen molar-refractivity contribution in [1.29, 1.82) is 0 Å². The van der Waals surface area contributed by atoms with Gasteiger partial charge in [0, 0.05) is 23.4 Å². The number of ether oxygens (including phenoxy) is 3. The molecule has 6 heteroatoms. The van der Waals surface area contributed by atoms with E-state index in [1.807, 2.05) is 12.1 Å². The van der Waals surface area contributed by atoms with Crippen molar-refractivity contribution in [2.45, 2.75) is 32.2 Å². The first-order valence-electron chi connectivity index (χ1n) is 7.12. The molecule has 1 atom stereocenters. The molecule has 1 heterocycles. The van der Waals surface area contributed by atoms with E-state index in [1.54, 1.807) is 6.92 Å². The Morgan fingerprint density at radius 1 is 1.38 bits per heavy atom. The topological polar surface area (TPSA) is 70.8 Å². The minimum absolute atomic E-state index is 0.224. The number of carbonyl (C=O) groups excluding carboxylic acids is 1. The van der Waals surface area contributed by atoms with E-state index in [0.717, 1.165) is 22.2 Å². The molecule has 0 aliphatic carbocycles. The summed E-state index contributed by atoms with van der Waals surface area (Å²) in [6.45, 7) is 3.46. The number of halogens is 1. The van der Waals surface area contributed by atoms with E-state index in [0.29, 0.717) is 38.4 Å². The average molecular weight is 358 g/mol. The molecule has 0 bridgehead atoms. The quantitative estimate of drug-likeness (QED) is 0.820. The van der Waals surface area contributed by atoms with Gasteiger partial charge in [-0.2, -0.15) is 0 Å². The smallest absolute Gasteiger partial charge is 0.305 e. The van der Waals surface area contributed by atoms with E-state index in [1.165, 1.54) is 0 Å². The molecule has 0 saturated carbocycles. The van der Waals surface area contributed by atoms with Crippen LogP contribution in [0.3, 0.4) is 0 Å². The van der Waals surface area contributed by atoms with Crippen molar-refractivity contribution >= 4 is 21.9 Å². The van der Waals surface area contributed by atoms with Crippen LogP contribution in [0.2, 0.25) is 0 Å². The summed E-state index contributed by atoms with van der Waals surface area (Å²) in [4.78, 5) is 11.4. The Bertz CT molecular complexity index is 507. The van der Waals surface area contributed by atoms with Gasteiger partial charge < -0.3 is 19.9 Å². The summed E-state index contributed by atoms with van der Waals surface area (Å²) in [6, 6.07) is 3.50. The van der Waals surface area contributed by atoms with Crippen molar-refractivity contribution in [1.82, 2.24) is 0 Å². The minimum atomic E-state index is -0.263. The molecule has 1 aliphatic heterocycles. The maximum atomic E-state index is 11.4. The van der Waals surface area contributed by atoms with Gasteiger partial charge in [-0.15, -0.1) is 0 Å². The summed E-state index contributed by atoms with van der Waals surface area (Å²) in [5, 5.41) is 0. The first-order valence-corrected chi connectivity index (χ1v) is 7.91. The summed E-state index contributed by atoms with van der Waals surface area (Å²) in [6.07, 6.45) is 1.68. The molecule has 21 heavy (non-hydrogen) atoms. The lowest BCUT2D eigenvalue weighted by Crippen LogP contribution is -2.14. The highest BCUT2D eigenvalue weighted by molar-refractivity contribution is 9.10. The van der Waals surface area contributed by atoms with Crippen LogP contribution in [0.15, 0.2) is 16.6 Å². The van der Waals surface area contributed by atoms with Crippen molar-refractivity contribution in [3.8, 4) is 11.5 Å². The van der Waals surface area contributed by atoms with Gasteiger partial charge >= 0.3 is 5.97 Å². The third kappa shape index (κ3) is 4.35. The summed E-state index contributed by atoms with van der Waals surface area (Å²) in [5.41, 5.74) is 7.08. The zero-order valence-electron chi connectivity index (χ0n) is 12.1. The molecule has 2 rings (SSSR count). The normalized spacial score (nSPS) is 15.2. The molecule has 0 amide bonds. The van der Waals surface area contributed by atoms with E-state index in [2.05, 4.69) is 15.9 Å². The average Bonchev–Trinajstić information content (AvgIpc) is 2.69. The summed E-state index contributed by atoms with van der Waals surface area (Å²) in [7, 11) is 0. The van der Waals surface area contributed by atoms with Crippen LogP contribution in [0.4, 0.5) is 0 Å². The molecule has 0 aromatic heterocycles. The number of rotatable bonds is 5. The van der Waals surface area contributed by atoms with Crippen molar-refractivity contribution < 1.29 is 19.0 Å². The van der Waals surface area contributed by atoms with Gasteiger partial charge in [-0.3, -0.25) is 4.79 Å². The summed E-state index contributed by atoms with van der Waals surface area (Å²) < 4.78 is 17.1. The van der Waals surface area contributed by atoms with Crippen LogP contribution >= 0.6 is 15.9 Å². The molecule has 2 N–H and O–H groups in total. The van der Waals surface area contributed by atoms with Gasteiger partial charge in [0.25, 0.3) is 0 Å². The van der Waals surface area contributed by atoms with Gasteiger partial charge in [-0.25, -0.2) is 0 Å². The standard InChI is InChI=1S/C15H20BrNO4/c1-2-19-15(18)5-4-12(17)10-8-13-14(9-11(10)16)21-7-3-6-20-13/h8-9,12H,2-7,17H2,1H3. The fourth-order valence-corrected chi connectivity index (χ4v) is 2.76. The number of benzene rings is 1. The molecule has 0 saturated heterocycles. The van der Waals surface area contributed by atoms with Gasteiger partial charge in [0.1, 0.15) is 0 Å². The molecule has 5 nitrogen and oxygen atoms in total. The van der Waals surface area contributed by atoms with Crippen LogP contribution in [0.5, 0.6) is 11.5 Å². The lowest BCUT2D eigenvalue weighted by Gasteiger charge is -2.16. The second kappa shape index (κ2) is 7.66. The van der Waals surface area contributed by atoms with Crippen molar-refractivity contribution in [3.63, 3.8) is 0 Å². The second-order valence-electron chi connectivity index (χ2n) is 4.82. The summed E-state index contributed by atoms with van der Waals surface area (Å²) in [5.74, 6) is 1.21. The molecule has 0 fully saturated rings. The van der Waals surface area contributed by atoms with E-state index < -0.39 is 0 Å². The monoisotopic (exact) mass is 357 g/mol. The predicted octanol–water partition coefficient (Wildman–Crippen LogP) is 2.95. The van der Waals surface area contributed by atoms with Crippen LogP contribution in [0.25, 0.3) is 0 Å². The molecule has 1 aliphatic rings. The van der Waals surface area contributed by atoms with Gasteiger partial charge in [-0.1, -0.05) is 15.9 Å². The first-order chi connectivity index (χ1) is 10.1. The molecular formula is C15H20BrNO4. The van der Waals surface area contributed by atoms with Gasteiger partial charge in [-0.05, 0) is 31.0 Å². The van der Waals surface area contributed by atoms with Crippen LogP contribution in [0, 0.1) is 0 Å². The van der Waals surface area contributed by atoms with E-state index in [9.17, 15) is 4.79 Å². The van der Waals surface area contributed by atoms with Crippen LogP contribution in [0.1, 0.15) is 37.8 Å². The highest BCUT2D eigenvalue weighted by Gasteiger charge is 2.18. The lowest BCUT2D eigenvalue weighted by molar-refractivity contribution is -0.143. The highest BCUT2D eigenvalue weighted by Crippen LogP contribution is 2.37. The maximum Gasteiger partial charge on any atom is 0.305 e. The molecule has 0 spiro atoms. The van der Waals surface area contributed by atoms with E-state index >= 15 is 0 Å². The van der Waals surface area contributed by atoms with E-state index in [-0.39, 0.29) is 12.0 Å². The highest BCUT2D eigenvalue weighted by atomic mass is 79.9. The molecular weight excluding hydrogens is 338 g/mol. The maximum absolute atomic E-state index is 11.4. The zero-order valence-corrected chi connectivity index (χ0v) is 13.6. The summed E-state index contributed by atoms with van der Waals surface area (Å²) >= 11 is 3.51. The molecule has 1 aromatic carbocycles. The Balaban J connectivity index is 2.08. The number of hydrogen-bond acceptors (Lipinski definition) is 5. The van der Waals surface area contributed by atoms with Gasteiger partial charge in [0.15, 0.2) is 11.5 Å². The Hall–Kier alpha value is -1.27. The fourth-order valence-electron chi connectivity index (χ4n) is 2.15. The Kier molecular flexibility index (Phi) is 5.87. The SMILES string of the molecule is CCOC(=O)CCC(N)c1cc2c(cc1Br)OCCCO2. The molecule has 1 aromatic rings. The van der Waals surface area contributed by atoms with Gasteiger partial charge in [0.05, 0.1) is 19.8 Å². The number of hydrogen-bond donors (Lipinski definition) is 1.